The molecule has 0 atom stereocenters. The molecule has 1 rings (SSSR count). The number of unbranched alkanes of at least 4 members (excludes halogenated alkanes) is 6. The van der Waals surface area contributed by atoms with Crippen molar-refractivity contribution in [2.24, 2.45) is 4.99 Å². The van der Waals surface area contributed by atoms with Gasteiger partial charge in [0.15, 0.2) is 0 Å². The summed E-state index contributed by atoms with van der Waals surface area (Å²) < 4.78 is 5.32. The number of nitrogens with zero attached hydrogens (tertiary/aromatic N) is 2. The second-order valence-corrected chi connectivity index (χ2v) is 5.89. The van der Waals surface area contributed by atoms with E-state index in [4.69, 9.17) is 4.74 Å². The smallest absolute Gasteiger partial charge is 0.550 e. The SMILES string of the molecule is CCCCCCCCCC1=NCCN1CCOCCC(=O)[O-].[Na+]. The Kier molecular flexibility index (Phi) is 15.4. The van der Waals surface area contributed by atoms with Crippen molar-refractivity contribution in [2.45, 2.75) is 64.7 Å². The number of carboxylic acids is 1. The Balaban J connectivity index is 0.00000484. The van der Waals surface area contributed by atoms with Gasteiger partial charge in [-0.2, -0.15) is 0 Å². The Morgan fingerprint density at radius 3 is 2.57 bits per heavy atom. The van der Waals surface area contributed by atoms with E-state index >= 15 is 0 Å². The van der Waals surface area contributed by atoms with E-state index in [0.717, 1.165) is 26.1 Å². The maximum Gasteiger partial charge on any atom is 1.00 e. The van der Waals surface area contributed by atoms with Gasteiger partial charge in [-0.05, 0) is 6.42 Å². The summed E-state index contributed by atoms with van der Waals surface area (Å²) in [5.74, 6) is 0.152. The third-order valence-electron chi connectivity index (χ3n) is 3.99. The van der Waals surface area contributed by atoms with Gasteiger partial charge in [-0.25, -0.2) is 0 Å². The molecular weight excluding hydrogens is 303 g/mol. The number of hydrogen-bond acceptors (Lipinski definition) is 5. The summed E-state index contributed by atoms with van der Waals surface area (Å²) in [7, 11) is 0. The number of ether oxygens (including phenoxy) is 1. The third kappa shape index (κ3) is 12.0. The standard InChI is InChI=1S/C17H32N2O3.Na/c1-2-3-4-5-6-7-8-9-16-18-11-12-19(16)13-15-22-14-10-17(20)21;/h2-15H2,1H3,(H,20,21);/q;+1/p-1. The first-order valence-corrected chi connectivity index (χ1v) is 8.80. The van der Waals surface area contributed by atoms with Crippen LogP contribution in [0.4, 0.5) is 0 Å². The van der Waals surface area contributed by atoms with Crippen molar-refractivity contribution in [2.75, 3.05) is 32.8 Å². The monoisotopic (exact) mass is 334 g/mol. The van der Waals surface area contributed by atoms with Crippen molar-refractivity contribution >= 4 is 11.8 Å². The minimum atomic E-state index is -1.05. The van der Waals surface area contributed by atoms with Crippen molar-refractivity contribution < 1.29 is 44.2 Å². The fourth-order valence-corrected chi connectivity index (χ4v) is 2.68. The molecule has 0 bridgehead atoms. The number of aliphatic imine (C=N–C) groups is 1. The molecule has 1 aliphatic heterocycles. The van der Waals surface area contributed by atoms with Crippen LogP contribution in [0.3, 0.4) is 0 Å². The minimum Gasteiger partial charge on any atom is -0.550 e. The molecule has 0 aliphatic carbocycles. The molecule has 1 heterocycles. The molecule has 0 fully saturated rings. The van der Waals surface area contributed by atoms with E-state index in [1.165, 1.54) is 50.8 Å². The van der Waals surface area contributed by atoms with Gasteiger partial charge in [-0.15, -0.1) is 0 Å². The summed E-state index contributed by atoms with van der Waals surface area (Å²) in [6, 6.07) is 0. The largest absolute Gasteiger partial charge is 1.00 e. The number of carbonyl (C=O) groups excluding carboxylic acids is 1. The Morgan fingerprint density at radius 1 is 1.17 bits per heavy atom. The predicted molar refractivity (Wildman–Crippen MR) is 86.9 cm³/mol. The molecular formula is C17H31N2NaO3. The normalized spacial score (nSPS) is 13.8. The average Bonchev–Trinajstić information content (AvgIpc) is 2.93. The molecule has 6 heteroatoms. The van der Waals surface area contributed by atoms with Crippen LogP contribution < -0.4 is 34.7 Å². The van der Waals surface area contributed by atoms with E-state index in [2.05, 4.69) is 16.8 Å². The summed E-state index contributed by atoms with van der Waals surface area (Å²) in [5, 5.41) is 10.3. The molecule has 0 saturated heterocycles. The fraction of sp³-hybridized carbons (Fsp3) is 0.882. The van der Waals surface area contributed by atoms with E-state index < -0.39 is 5.97 Å². The molecule has 0 N–H and O–H groups in total. The van der Waals surface area contributed by atoms with Gasteiger partial charge in [0.25, 0.3) is 0 Å². The van der Waals surface area contributed by atoms with Gasteiger partial charge < -0.3 is 19.5 Å². The first kappa shape index (κ1) is 22.9. The Bertz CT molecular complexity index is 338. The zero-order valence-corrected chi connectivity index (χ0v) is 17.0. The predicted octanol–water partition coefficient (Wildman–Crippen LogP) is -0.998. The van der Waals surface area contributed by atoms with Crippen LogP contribution in [-0.2, 0) is 9.53 Å². The summed E-state index contributed by atoms with van der Waals surface area (Å²) in [6.45, 7) is 5.70. The summed E-state index contributed by atoms with van der Waals surface area (Å²) >= 11 is 0. The Morgan fingerprint density at radius 2 is 1.87 bits per heavy atom. The Hall–Kier alpha value is -0.100. The van der Waals surface area contributed by atoms with Crippen LogP contribution in [0.5, 0.6) is 0 Å². The molecule has 23 heavy (non-hydrogen) atoms. The van der Waals surface area contributed by atoms with Gasteiger partial charge >= 0.3 is 29.6 Å². The van der Waals surface area contributed by atoms with Gasteiger partial charge in [0, 0.05) is 31.9 Å². The van der Waals surface area contributed by atoms with E-state index in [-0.39, 0.29) is 42.6 Å². The topological polar surface area (TPSA) is 65.0 Å². The molecule has 5 nitrogen and oxygen atoms in total. The van der Waals surface area contributed by atoms with Gasteiger partial charge in [0.05, 0.1) is 25.6 Å². The number of carboxylic acid groups (broad SMARTS) is 1. The Labute approximate surface area is 163 Å². The third-order valence-corrected chi connectivity index (χ3v) is 3.99. The maximum absolute atomic E-state index is 10.3. The molecule has 0 radical (unpaired) electrons. The number of carbonyl (C=O) groups is 1. The van der Waals surface area contributed by atoms with Crippen LogP contribution in [0.15, 0.2) is 4.99 Å². The van der Waals surface area contributed by atoms with E-state index in [0.29, 0.717) is 6.61 Å². The minimum absolute atomic E-state index is 0. The number of hydrogen-bond donors (Lipinski definition) is 0. The molecule has 0 aromatic carbocycles. The van der Waals surface area contributed by atoms with Crippen LogP contribution >= 0.6 is 0 Å². The average molecular weight is 334 g/mol. The van der Waals surface area contributed by atoms with Crippen LogP contribution in [0.25, 0.3) is 0 Å². The van der Waals surface area contributed by atoms with Crippen molar-refractivity contribution in [3.8, 4) is 0 Å². The molecule has 0 spiro atoms. The van der Waals surface area contributed by atoms with Gasteiger partial charge in [0.1, 0.15) is 0 Å². The number of rotatable bonds is 14. The van der Waals surface area contributed by atoms with Crippen LogP contribution in [-0.4, -0.2) is 49.6 Å². The molecule has 0 saturated carbocycles. The molecule has 128 valence electrons. The second-order valence-electron chi connectivity index (χ2n) is 5.89. The van der Waals surface area contributed by atoms with Crippen LogP contribution in [0.2, 0.25) is 0 Å². The number of amidine groups is 1. The second kappa shape index (κ2) is 15.4. The van der Waals surface area contributed by atoms with Crippen LogP contribution in [0.1, 0.15) is 64.7 Å². The molecule has 0 unspecified atom stereocenters. The van der Waals surface area contributed by atoms with Gasteiger partial charge in [-0.3, -0.25) is 4.99 Å². The summed E-state index contributed by atoms with van der Waals surface area (Å²) in [6.07, 6.45) is 10.3. The van der Waals surface area contributed by atoms with E-state index in [1.54, 1.807) is 0 Å². The maximum atomic E-state index is 10.3. The van der Waals surface area contributed by atoms with Crippen LogP contribution in [0, 0.1) is 0 Å². The summed E-state index contributed by atoms with van der Waals surface area (Å²) in [5.41, 5.74) is 0. The van der Waals surface area contributed by atoms with Crippen molar-refractivity contribution in [3.63, 3.8) is 0 Å². The van der Waals surface area contributed by atoms with Crippen molar-refractivity contribution in [1.82, 2.24) is 4.90 Å². The van der Waals surface area contributed by atoms with Gasteiger partial charge in [0.2, 0.25) is 0 Å². The zero-order chi connectivity index (χ0) is 16.0. The summed E-state index contributed by atoms with van der Waals surface area (Å²) in [4.78, 5) is 17.1. The van der Waals surface area contributed by atoms with Crippen molar-refractivity contribution in [1.29, 1.82) is 0 Å². The molecule has 0 aromatic rings. The quantitative estimate of drug-likeness (QED) is 0.302. The fourth-order valence-electron chi connectivity index (χ4n) is 2.68. The molecule has 0 amide bonds. The molecule has 1 aliphatic rings. The van der Waals surface area contributed by atoms with E-state index in [9.17, 15) is 9.90 Å². The van der Waals surface area contributed by atoms with Crippen molar-refractivity contribution in [3.05, 3.63) is 0 Å². The first-order valence-electron chi connectivity index (χ1n) is 8.80. The number of aliphatic carboxylic acids is 1. The molecule has 0 aromatic heterocycles. The van der Waals surface area contributed by atoms with E-state index in [1.807, 2.05) is 0 Å². The first-order chi connectivity index (χ1) is 10.7. The van der Waals surface area contributed by atoms with Gasteiger partial charge in [-0.1, -0.05) is 45.4 Å². The zero-order valence-electron chi connectivity index (χ0n) is 15.0.